The van der Waals surface area contributed by atoms with Gasteiger partial charge in [0.05, 0.1) is 13.2 Å². The first-order valence-electron chi connectivity index (χ1n) is 4.58. The molecule has 1 aliphatic heterocycles. The Kier molecular flexibility index (Phi) is 3.61. The Labute approximate surface area is 97.2 Å². The molecular weight excluding hydrogens is 236 g/mol. The van der Waals surface area contributed by atoms with Crippen LogP contribution >= 0.6 is 23.4 Å². The molecule has 0 aliphatic carbocycles. The molecule has 82 valence electrons. The molecule has 0 unspecified atom stereocenters. The van der Waals surface area contributed by atoms with Gasteiger partial charge >= 0.3 is 0 Å². The third-order valence-electron chi connectivity index (χ3n) is 2.05. The normalized spacial score (nSPS) is 16.8. The summed E-state index contributed by atoms with van der Waals surface area (Å²) >= 11 is 7.27. The highest BCUT2D eigenvalue weighted by Crippen LogP contribution is 2.17. The van der Waals surface area contributed by atoms with E-state index in [-0.39, 0.29) is 5.28 Å². The summed E-state index contributed by atoms with van der Waals surface area (Å²) in [5.41, 5.74) is 0. The van der Waals surface area contributed by atoms with E-state index < -0.39 is 0 Å². The van der Waals surface area contributed by atoms with E-state index in [2.05, 4.69) is 19.9 Å². The Bertz CT molecular complexity index is 345. The van der Waals surface area contributed by atoms with E-state index in [0.717, 1.165) is 13.1 Å². The lowest BCUT2D eigenvalue weighted by Crippen LogP contribution is -2.37. The van der Waals surface area contributed by atoms with Gasteiger partial charge in [0.2, 0.25) is 11.2 Å². The minimum absolute atomic E-state index is 0.246. The van der Waals surface area contributed by atoms with Gasteiger partial charge in [-0.1, -0.05) is 11.8 Å². The lowest BCUT2D eigenvalue weighted by Gasteiger charge is -2.26. The Morgan fingerprint density at radius 2 is 2.00 bits per heavy atom. The summed E-state index contributed by atoms with van der Waals surface area (Å²) in [6.07, 6.45) is 1.91. The number of ether oxygens (including phenoxy) is 1. The largest absolute Gasteiger partial charge is 0.378 e. The van der Waals surface area contributed by atoms with Crippen LogP contribution in [-0.4, -0.2) is 47.5 Å². The van der Waals surface area contributed by atoms with E-state index in [1.165, 1.54) is 11.8 Å². The number of hydrogen-bond acceptors (Lipinski definition) is 6. The zero-order chi connectivity index (χ0) is 10.7. The third kappa shape index (κ3) is 2.70. The zero-order valence-corrected chi connectivity index (χ0v) is 9.88. The van der Waals surface area contributed by atoms with Gasteiger partial charge in [-0.3, -0.25) is 0 Å². The first-order valence-corrected chi connectivity index (χ1v) is 6.18. The summed E-state index contributed by atoms with van der Waals surface area (Å²) < 4.78 is 5.26. The maximum absolute atomic E-state index is 5.81. The maximum atomic E-state index is 5.81. The molecule has 0 spiro atoms. The Morgan fingerprint density at radius 1 is 1.27 bits per heavy atom. The second-order valence-corrected chi connectivity index (χ2v) is 4.10. The SMILES string of the molecule is CSc1nc(Cl)nc(N2CCOCC2)n1. The van der Waals surface area contributed by atoms with Crippen molar-refractivity contribution in [2.75, 3.05) is 37.5 Å². The van der Waals surface area contributed by atoms with Gasteiger partial charge in [0, 0.05) is 13.1 Å². The fourth-order valence-corrected chi connectivity index (χ4v) is 1.87. The third-order valence-corrected chi connectivity index (χ3v) is 2.77. The Balaban J connectivity index is 2.22. The Morgan fingerprint density at radius 3 is 2.67 bits per heavy atom. The second kappa shape index (κ2) is 4.96. The highest BCUT2D eigenvalue weighted by molar-refractivity contribution is 7.98. The van der Waals surface area contributed by atoms with Gasteiger partial charge in [-0.05, 0) is 17.9 Å². The van der Waals surface area contributed by atoms with Crippen molar-refractivity contribution in [2.24, 2.45) is 0 Å². The topological polar surface area (TPSA) is 51.1 Å². The standard InChI is InChI=1S/C8H11ClN4OS/c1-15-8-11-6(9)10-7(12-8)13-2-4-14-5-3-13/h2-5H2,1H3. The van der Waals surface area contributed by atoms with Crippen molar-refractivity contribution < 1.29 is 4.74 Å². The van der Waals surface area contributed by atoms with E-state index in [9.17, 15) is 0 Å². The molecular formula is C8H11ClN4OS. The molecule has 1 aliphatic rings. The summed E-state index contributed by atoms with van der Waals surface area (Å²) in [6, 6.07) is 0. The molecule has 2 rings (SSSR count). The average Bonchev–Trinajstić information content (AvgIpc) is 2.29. The van der Waals surface area contributed by atoms with Crippen molar-refractivity contribution >= 4 is 29.3 Å². The fraction of sp³-hybridized carbons (Fsp3) is 0.625. The van der Waals surface area contributed by atoms with Crippen LogP contribution < -0.4 is 4.90 Å². The highest BCUT2D eigenvalue weighted by Gasteiger charge is 2.15. The van der Waals surface area contributed by atoms with Crippen LogP contribution in [-0.2, 0) is 4.74 Å². The van der Waals surface area contributed by atoms with Crippen LogP contribution in [0.25, 0.3) is 0 Å². The number of morpholine rings is 1. The number of nitrogens with zero attached hydrogens (tertiary/aromatic N) is 4. The van der Waals surface area contributed by atoms with Crippen LogP contribution in [0.3, 0.4) is 0 Å². The Hall–Kier alpha value is -0.590. The second-order valence-electron chi connectivity index (χ2n) is 2.99. The van der Waals surface area contributed by atoms with E-state index in [4.69, 9.17) is 16.3 Å². The van der Waals surface area contributed by atoms with Gasteiger partial charge < -0.3 is 9.64 Å². The lowest BCUT2D eigenvalue weighted by atomic mass is 10.4. The molecule has 1 saturated heterocycles. The number of halogens is 1. The average molecular weight is 247 g/mol. The minimum atomic E-state index is 0.246. The monoisotopic (exact) mass is 246 g/mol. The number of anilines is 1. The van der Waals surface area contributed by atoms with E-state index >= 15 is 0 Å². The van der Waals surface area contributed by atoms with Crippen molar-refractivity contribution in [1.82, 2.24) is 15.0 Å². The van der Waals surface area contributed by atoms with Crippen molar-refractivity contribution in [3.05, 3.63) is 5.28 Å². The summed E-state index contributed by atoms with van der Waals surface area (Å²) in [4.78, 5) is 14.5. The number of hydrogen-bond donors (Lipinski definition) is 0. The molecule has 2 heterocycles. The van der Waals surface area contributed by atoms with Gasteiger partial charge in [0.1, 0.15) is 0 Å². The van der Waals surface area contributed by atoms with Gasteiger partial charge in [0.15, 0.2) is 5.16 Å². The predicted molar refractivity (Wildman–Crippen MR) is 59.7 cm³/mol. The number of aromatic nitrogens is 3. The molecule has 1 aromatic rings. The molecule has 0 N–H and O–H groups in total. The molecule has 0 atom stereocenters. The van der Waals surface area contributed by atoms with E-state index in [1.54, 1.807) is 0 Å². The number of thioether (sulfide) groups is 1. The summed E-state index contributed by atoms with van der Waals surface area (Å²) in [7, 11) is 0. The first kappa shape index (κ1) is 10.9. The van der Waals surface area contributed by atoms with Crippen LogP contribution in [0.5, 0.6) is 0 Å². The van der Waals surface area contributed by atoms with Crippen LogP contribution in [0.1, 0.15) is 0 Å². The summed E-state index contributed by atoms with van der Waals surface area (Å²) in [6.45, 7) is 3.01. The van der Waals surface area contributed by atoms with Gasteiger partial charge in [0.25, 0.3) is 0 Å². The highest BCUT2D eigenvalue weighted by atomic mass is 35.5. The molecule has 0 bridgehead atoms. The smallest absolute Gasteiger partial charge is 0.230 e. The number of rotatable bonds is 2. The van der Waals surface area contributed by atoms with E-state index in [1.807, 2.05) is 6.26 Å². The van der Waals surface area contributed by atoms with Crippen molar-refractivity contribution in [3.63, 3.8) is 0 Å². The minimum Gasteiger partial charge on any atom is -0.378 e. The van der Waals surface area contributed by atoms with Crippen LogP contribution in [0.4, 0.5) is 5.95 Å². The summed E-state index contributed by atoms with van der Waals surface area (Å²) in [5.74, 6) is 0.641. The van der Waals surface area contributed by atoms with Crippen LogP contribution in [0.2, 0.25) is 5.28 Å². The predicted octanol–water partition coefficient (Wildman–Crippen LogP) is 1.08. The molecule has 0 saturated carbocycles. The van der Waals surface area contributed by atoms with Crippen LogP contribution in [0.15, 0.2) is 5.16 Å². The molecule has 15 heavy (non-hydrogen) atoms. The molecule has 0 aromatic carbocycles. The first-order chi connectivity index (χ1) is 7.29. The fourth-order valence-electron chi connectivity index (χ4n) is 1.32. The maximum Gasteiger partial charge on any atom is 0.230 e. The zero-order valence-electron chi connectivity index (χ0n) is 8.31. The van der Waals surface area contributed by atoms with Gasteiger partial charge in [-0.15, -0.1) is 0 Å². The quantitative estimate of drug-likeness (QED) is 0.728. The molecule has 1 fully saturated rings. The van der Waals surface area contributed by atoms with Gasteiger partial charge in [-0.2, -0.15) is 15.0 Å². The van der Waals surface area contributed by atoms with Crippen molar-refractivity contribution in [2.45, 2.75) is 5.16 Å². The molecule has 5 nitrogen and oxygen atoms in total. The van der Waals surface area contributed by atoms with Crippen molar-refractivity contribution in [1.29, 1.82) is 0 Å². The molecule has 7 heteroatoms. The van der Waals surface area contributed by atoms with E-state index in [0.29, 0.717) is 24.3 Å². The van der Waals surface area contributed by atoms with Gasteiger partial charge in [-0.25, -0.2) is 0 Å². The lowest BCUT2D eigenvalue weighted by molar-refractivity contribution is 0.122. The van der Waals surface area contributed by atoms with Crippen molar-refractivity contribution in [3.8, 4) is 0 Å². The molecule has 0 radical (unpaired) electrons. The van der Waals surface area contributed by atoms with Crippen LogP contribution in [0, 0.1) is 0 Å². The summed E-state index contributed by atoms with van der Waals surface area (Å²) in [5, 5.41) is 0.896. The molecule has 1 aromatic heterocycles. The molecule has 0 amide bonds.